The van der Waals surface area contributed by atoms with Crippen molar-refractivity contribution in [2.75, 3.05) is 6.54 Å². The van der Waals surface area contributed by atoms with Gasteiger partial charge in [0.1, 0.15) is 0 Å². The van der Waals surface area contributed by atoms with Crippen molar-refractivity contribution in [1.29, 1.82) is 0 Å². The van der Waals surface area contributed by atoms with E-state index in [1.165, 1.54) is 0 Å². The standard InChI is InChI=1S/C12H21N3O2/c1-5-15(9(2)6-12(16)17)10(3)11-7-13-14(4)8-11/h7-10H,5-6H2,1-4H3,(H,16,17). The van der Waals surface area contributed by atoms with Gasteiger partial charge in [-0.15, -0.1) is 0 Å². The third-order valence-electron chi connectivity index (χ3n) is 3.11. The summed E-state index contributed by atoms with van der Waals surface area (Å²) < 4.78 is 1.77. The normalized spacial score (nSPS) is 14.9. The number of nitrogens with zero attached hydrogens (tertiary/aromatic N) is 3. The van der Waals surface area contributed by atoms with E-state index in [-0.39, 0.29) is 18.5 Å². The summed E-state index contributed by atoms with van der Waals surface area (Å²) in [6, 6.07) is 0.204. The molecule has 96 valence electrons. The van der Waals surface area contributed by atoms with E-state index in [0.29, 0.717) is 0 Å². The van der Waals surface area contributed by atoms with E-state index in [2.05, 4.69) is 16.9 Å². The molecule has 1 heterocycles. The largest absolute Gasteiger partial charge is 0.481 e. The fraction of sp³-hybridized carbons (Fsp3) is 0.667. The Morgan fingerprint density at radius 3 is 2.65 bits per heavy atom. The number of aryl methyl sites for hydroxylation is 1. The number of hydrogen-bond acceptors (Lipinski definition) is 3. The van der Waals surface area contributed by atoms with Gasteiger partial charge in [-0.25, -0.2) is 0 Å². The summed E-state index contributed by atoms with van der Waals surface area (Å²) in [5.41, 5.74) is 1.12. The highest BCUT2D eigenvalue weighted by atomic mass is 16.4. The summed E-state index contributed by atoms with van der Waals surface area (Å²) in [5, 5.41) is 13.0. The lowest BCUT2D eigenvalue weighted by molar-refractivity contribution is -0.138. The predicted molar refractivity (Wildman–Crippen MR) is 65.7 cm³/mol. The van der Waals surface area contributed by atoms with Crippen LogP contribution in [0.3, 0.4) is 0 Å². The highest BCUT2D eigenvalue weighted by Crippen LogP contribution is 2.22. The van der Waals surface area contributed by atoms with Gasteiger partial charge < -0.3 is 5.11 Å². The molecule has 0 bridgehead atoms. The molecule has 1 aromatic rings. The molecule has 1 rings (SSSR count). The minimum Gasteiger partial charge on any atom is -0.481 e. The van der Waals surface area contributed by atoms with Crippen molar-refractivity contribution >= 4 is 5.97 Å². The lowest BCUT2D eigenvalue weighted by atomic mass is 10.1. The van der Waals surface area contributed by atoms with Gasteiger partial charge in [0.25, 0.3) is 0 Å². The Balaban J connectivity index is 2.76. The third-order valence-corrected chi connectivity index (χ3v) is 3.11. The zero-order chi connectivity index (χ0) is 13.0. The lowest BCUT2D eigenvalue weighted by Crippen LogP contribution is -2.36. The fourth-order valence-corrected chi connectivity index (χ4v) is 2.18. The molecule has 0 aromatic carbocycles. The number of aliphatic carboxylic acids is 1. The van der Waals surface area contributed by atoms with Crippen LogP contribution in [-0.4, -0.2) is 38.3 Å². The molecule has 0 saturated heterocycles. The van der Waals surface area contributed by atoms with Crippen molar-refractivity contribution in [3.8, 4) is 0 Å². The number of hydrogen-bond donors (Lipinski definition) is 1. The van der Waals surface area contributed by atoms with Crippen molar-refractivity contribution in [3.05, 3.63) is 18.0 Å². The van der Waals surface area contributed by atoms with E-state index >= 15 is 0 Å². The fourth-order valence-electron chi connectivity index (χ4n) is 2.18. The monoisotopic (exact) mass is 239 g/mol. The van der Waals surface area contributed by atoms with Gasteiger partial charge in [-0.2, -0.15) is 5.10 Å². The van der Waals surface area contributed by atoms with Crippen LogP contribution in [0.15, 0.2) is 12.4 Å². The van der Waals surface area contributed by atoms with Crippen LogP contribution in [-0.2, 0) is 11.8 Å². The molecule has 0 aliphatic rings. The summed E-state index contributed by atoms with van der Waals surface area (Å²) in [7, 11) is 1.88. The van der Waals surface area contributed by atoms with E-state index in [0.717, 1.165) is 12.1 Å². The number of carboxylic acids is 1. The van der Waals surface area contributed by atoms with Gasteiger partial charge in [-0.3, -0.25) is 14.4 Å². The molecule has 0 aliphatic carbocycles. The molecule has 0 saturated carbocycles. The van der Waals surface area contributed by atoms with Gasteiger partial charge in [0.2, 0.25) is 0 Å². The zero-order valence-electron chi connectivity index (χ0n) is 10.9. The Kier molecular flexibility index (Phi) is 4.69. The summed E-state index contributed by atoms with van der Waals surface area (Å²) in [6.07, 6.45) is 3.97. The van der Waals surface area contributed by atoms with Crippen LogP contribution < -0.4 is 0 Å². The Bertz CT molecular complexity index is 376. The Morgan fingerprint density at radius 2 is 2.24 bits per heavy atom. The molecule has 1 N–H and O–H groups in total. The summed E-state index contributed by atoms with van der Waals surface area (Å²) in [5.74, 6) is -0.755. The first-order valence-corrected chi connectivity index (χ1v) is 5.91. The molecular formula is C12H21N3O2. The van der Waals surface area contributed by atoms with Crippen LogP contribution in [0.5, 0.6) is 0 Å². The van der Waals surface area contributed by atoms with Crippen LogP contribution >= 0.6 is 0 Å². The van der Waals surface area contributed by atoms with Crippen molar-refractivity contribution in [2.24, 2.45) is 7.05 Å². The average molecular weight is 239 g/mol. The smallest absolute Gasteiger partial charge is 0.304 e. The van der Waals surface area contributed by atoms with Crippen LogP contribution in [0.1, 0.15) is 38.8 Å². The van der Waals surface area contributed by atoms with Crippen LogP contribution in [0.2, 0.25) is 0 Å². The van der Waals surface area contributed by atoms with Crippen molar-refractivity contribution in [2.45, 2.75) is 39.3 Å². The number of carboxylic acid groups (broad SMARTS) is 1. The van der Waals surface area contributed by atoms with E-state index < -0.39 is 5.97 Å². The van der Waals surface area contributed by atoms with Crippen molar-refractivity contribution in [3.63, 3.8) is 0 Å². The maximum absolute atomic E-state index is 10.8. The topological polar surface area (TPSA) is 58.4 Å². The lowest BCUT2D eigenvalue weighted by Gasteiger charge is -2.32. The molecule has 0 radical (unpaired) electrons. The Morgan fingerprint density at radius 1 is 1.59 bits per heavy atom. The number of rotatable bonds is 6. The number of aromatic nitrogens is 2. The highest BCUT2D eigenvalue weighted by Gasteiger charge is 2.22. The molecule has 0 amide bonds. The molecule has 5 nitrogen and oxygen atoms in total. The molecule has 2 atom stereocenters. The molecule has 17 heavy (non-hydrogen) atoms. The van der Waals surface area contributed by atoms with Gasteiger partial charge in [0.15, 0.2) is 0 Å². The van der Waals surface area contributed by atoms with Gasteiger partial charge >= 0.3 is 5.97 Å². The third kappa shape index (κ3) is 3.56. The molecule has 0 aliphatic heterocycles. The van der Waals surface area contributed by atoms with Gasteiger partial charge in [-0.1, -0.05) is 6.92 Å². The summed E-state index contributed by atoms with van der Waals surface area (Å²) in [6.45, 7) is 6.90. The van der Waals surface area contributed by atoms with Crippen molar-refractivity contribution < 1.29 is 9.90 Å². The first kappa shape index (κ1) is 13.7. The van der Waals surface area contributed by atoms with Crippen LogP contribution in [0, 0.1) is 0 Å². The van der Waals surface area contributed by atoms with E-state index in [1.54, 1.807) is 4.68 Å². The Hall–Kier alpha value is -1.36. The maximum Gasteiger partial charge on any atom is 0.304 e. The molecule has 0 spiro atoms. The average Bonchev–Trinajstić information content (AvgIpc) is 2.64. The molecule has 5 heteroatoms. The highest BCUT2D eigenvalue weighted by molar-refractivity contribution is 5.67. The first-order valence-electron chi connectivity index (χ1n) is 5.91. The quantitative estimate of drug-likeness (QED) is 0.820. The SMILES string of the molecule is CCN(C(C)CC(=O)O)C(C)c1cnn(C)c1. The molecule has 2 unspecified atom stereocenters. The van der Waals surface area contributed by atoms with Gasteiger partial charge in [0, 0.05) is 30.9 Å². The minimum absolute atomic E-state index is 0.0210. The maximum atomic E-state index is 10.8. The predicted octanol–water partition coefficient (Wildman–Crippen LogP) is 1.67. The second-order valence-corrected chi connectivity index (χ2v) is 4.40. The molecular weight excluding hydrogens is 218 g/mol. The van der Waals surface area contributed by atoms with Crippen LogP contribution in [0.25, 0.3) is 0 Å². The van der Waals surface area contributed by atoms with Gasteiger partial charge in [0.05, 0.1) is 12.6 Å². The Labute approximate surface area is 102 Å². The molecule has 1 aromatic heterocycles. The van der Waals surface area contributed by atoms with Gasteiger partial charge in [-0.05, 0) is 20.4 Å². The molecule has 0 fully saturated rings. The van der Waals surface area contributed by atoms with Crippen LogP contribution in [0.4, 0.5) is 0 Å². The number of carbonyl (C=O) groups is 1. The summed E-state index contributed by atoms with van der Waals surface area (Å²) in [4.78, 5) is 12.9. The van der Waals surface area contributed by atoms with Crippen molar-refractivity contribution in [1.82, 2.24) is 14.7 Å². The van der Waals surface area contributed by atoms with E-state index in [4.69, 9.17) is 5.11 Å². The minimum atomic E-state index is -0.755. The second kappa shape index (κ2) is 5.82. The first-order chi connectivity index (χ1) is 7.95. The second-order valence-electron chi connectivity index (χ2n) is 4.40. The van der Waals surface area contributed by atoms with E-state index in [1.807, 2.05) is 33.3 Å². The zero-order valence-corrected chi connectivity index (χ0v) is 10.9. The summed E-state index contributed by atoms with van der Waals surface area (Å²) >= 11 is 0. The van der Waals surface area contributed by atoms with E-state index in [9.17, 15) is 4.79 Å².